The summed E-state index contributed by atoms with van der Waals surface area (Å²) >= 11 is 5.61. The number of aromatic nitrogens is 4. The molecule has 6 nitrogen and oxygen atoms in total. The van der Waals surface area contributed by atoms with Crippen LogP contribution in [-0.2, 0) is 6.54 Å². The number of hydrogen-bond acceptors (Lipinski definition) is 5. The number of anilines is 1. The van der Waals surface area contributed by atoms with Crippen molar-refractivity contribution in [1.29, 1.82) is 0 Å². The van der Waals surface area contributed by atoms with Crippen molar-refractivity contribution < 1.29 is 5.11 Å². The third kappa shape index (κ3) is 3.48. The van der Waals surface area contributed by atoms with Crippen molar-refractivity contribution in [3.63, 3.8) is 0 Å². The van der Waals surface area contributed by atoms with E-state index in [-0.39, 0.29) is 5.95 Å². The van der Waals surface area contributed by atoms with Crippen LogP contribution in [0.15, 0.2) is 29.3 Å². The number of nitrogens with two attached hydrogens (primary N) is 1. The van der Waals surface area contributed by atoms with E-state index in [2.05, 4.69) is 53.5 Å². The zero-order chi connectivity index (χ0) is 16.8. The van der Waals surface area contributed by atoms with E-state index in [9.17, 15) is 5.11 Å². The molecular formula is C15H15BrIN5O. The van der Waals surface area contributed by atoms with Crippen LogP contribution in [0.25, 0.3) is 22.2 Å². The Balaban J connectivity index is 2.28. The van der Waals surface area contributed by atoms with Gasteiger partial charge in [0, 0.05) is 23.3 Å². The van der Waals surface area contributed by atoms with Crippen molar-refractivity contribution in [3.8, 4) is 11.3 Å². The van der Waals surface area contributed by atoms with Crippen LogP contribution in [0.4, 0.5) is 5.95 Å². The summed E-state index contributed by atoms with van der Waals surface area (Å²) in [7, 11) is 0. The fraction of sp³-hybridized carbons (Fsp3) is 0.267. The molecule has 0 atom stereocenters. The number of rotatable bonds is 3. The molecule has 3 rings (SSSR count). The van der Waals surface area contributed by atoms with Crippen LogP contribution in [0.5, 0.6) is 0 Å². The van der Waals surface area contributed by atoms with Crippen LogP contribution in [-0.4, -0.2) is 30.2 Å². The summed E-state index contributed by atoms with van der Waals surface area (Å²) in [5.41, 5.74) is 7.55. The van der Waals surface area contributed by atoms with Gasteiger partial charge in [0.25, 0.3) is 0 Å². The molecule has 0 bridgehead atoms. The van der Waals surface area contributed by atoms with E-state index in [0.29, 0.717) is 6.54 Å². The number of pyridine rings is 1. The normalized spacial score (nSPS) is 12.0. The average molecular weight is 488 g/mol. The minimum atomic E-state index is -0.839. The van der Waals surface area contributed by atoms with Crippen molar-refractivity contribution in [3.05, 3.63) is 32.8 Å². The average Bonchev–Trinajstić information content (AvgIpc) is 2.77. The summed E-state index contributed by atoms with van der Waals surface area (Å²) in [5, 5.41) is 11.2. The monoisotopic (exact) mass is 487 g/mol. The smallest absolute Gasteiger partial charge is 0.220 e. The first-order chi connectivity index (χ1) is 10.7. The Morgan fingerprint density at radius 1 is 1.35 bits per heavy atom. The molecule has 3 heterocycles. The number of nitrogens with zero attached hydrogens (tertiary/aromatic N) is 4. The molecule has 0 amide bonds. The number of fused-ring (bicyclic) bond motifs is 1. The molecule has 8 heteroatoms. The summed E-state index contributed by atoms with van der Waals surface area (Å²) in [6.45, 7) is 4.00. The lowest BCUT2D eigenvalue weighted by atomic mass is 10.1. The second kappa shape index (κ2) is 5.99. The Bertz CT molecular complexity index is 887. The molecule has 0 aliphatic rings. The van der Waals surface area contributed by atoms with Gasteiger partial charge in [0.1, 0.15) is 4.60 Å². The lowest BCUT2D eigenvalue weighted by molar-refractivity contribution is 0.0628. The Morgan fingerprint density at radius 2 is 2.09 bits per heavy atom. The maximum absolute atomic E-state index is 10.2. The Morgan fingerprint density at radius 3 is 2.78 bits per heavy atom. The quantitative estimate of drug-likeness (QED) is 0.437. The summed E-state index contributed by atoms with van der Waals surface area (Å²) in [5.74, 6) is 0.233. The molecule has 0 spiro atoms. The van der Waals surface area contributed by atoms with Gasteiger partial charge < -0.3 is 15.4 Å². The SMILES string of the molecule is CC(C)(O)Cn1cc(-c2nc(N)ncc2I)c2cc(Br)ncc21. The van der Waals surface area contributed by atoms with Crippen molar-refractivity contribution in [2.75, 3.05) is 5.73 Å². The molecule has 3 aromatic rings. The van der Waals surface area contributed by atoms with Crippen LogP contribution < -0.4 is 5.73 Å². The molecule has 0 unspecified atom stereocenters. The highest BCUT2D eigenvalue weighted by Gasteiger charge is 2.20. The summed E-state index contributed by atoms with van der Waals surface area (Å²) < 4.78 is 3.63. The molecule has 0 aliphatic carbocycles. The molecule has 0 fully saturated rings. The van der Waals surface area contributed by atoms with E-state index >= 15 is 0 Å². The van der Waals surface area contributed by atoms with Gasteiger partial charge in [-0.05, 0) is 58.4 Å². The summed E-state index contributed by atoms with van der Waals surface area (Å²) in [4.78, 5) is 12.7. The molecule has 0 radical (unpaired) electrons. The number of hydrogen-bond donors (Lipinski definition) is 2. The Labute approximate surface area is 155 Å². The zero-order valence-corrected chi connectivity index (χ0v) is 16.3. The number of halogens is 2. The fourth-order valence-corrected chi connectivity index (χ4v) is 3.35. The lowest BCUT2D eigenvalue weighted by Crippen LogP contribution is -2.25. The van der Waals surface area contributed by atoms with E-state index in [1.807, 2.05) is 16.8 Å². The number of aliphatic hydroxyl groups is 1. The van der Waals surface area contributed by atoms with Crippen LogP contribution in [0, 0.1) is 3.57 Å². The summed E-state index contributed by atoms with van der Waals surface area (Å²) in [6.07, 6.45) is 5.46. The molecule has 0 saturated carbocycles. The van der Waals surface area contributed by atoms with Gasteiger partial charge in [0.05, 0.1) is 33.1 Å². The lowest BCUT2D eigenvalue weighted by Gasteiger charge is -2.18. The van der Waals surface area contributed by atoms with Crippen LogP contribution >= 0.6 is 38.5 Å². The van der Waals surface area contributed by atoms with Gasteiger partial charge in [0.15, 0.2) is 0 Å². The predicted molar refractivity (Wildman–Crippen MR) is 102 cm³/mol. The van der Waals surface area contributed by atoms with E-state index < -0.39 is 5.60 Å². The summed E-state index contributed by atoms with van der Waals surface area (Å²) in [6, 6.07) is 1.94. The largest absolute Gasteiger partial charge is 0.389 e. The van der Waals surface area contributed by atoms with Crippen molar-refractivity contribution in [1.82, 2.24) is 19.5 Å². The van der Waals surface area contributed by atoms with E-state index in [4.69, 9.17) is 5.73 Å². The van der Waals surface area contributed by atoms with Crippen LogP contribution in [0.2, 0.25) is 0 Å². The van der Waals surface area contributed by atoms with Gasteiger partial charge in [-0.3, -0.25) is 0 Å². The molecule has 0 aromatic carbocycles. The Kier molecular flexibility index (Phi) is 4.32. The Hall–Kier alpha value is -1.26. The van der Waals surface area contributed by atoms with Crippen molar-refractivity contribution in [2.45, 2.75) is 26.0 Å². The maximum Gasteiger partial charge on any atom is 0.220 e. The standard InChI is InChI=1S/C15H15BrIN5O/c1-15(2,23)7-22-6-9(8-3-12(16)19-5-11(8)22)13-10(17)4-20-14(18)21-13/h3-6,23H,7H2,1-2H3,(H2,18,20,21). The predicted octanol–water partition coefficient (Wildman–Crippen LogP) is 3.21. The van der Waals surface area contributed by atoms with E-state index in [1.165, 1.54) is 0 Å². The van der Waals surface area contributed by atoms with Gasteiger partial charge in [-0.15, -0.1) is 0 Å². The van der Waals surface area contributed by atoms with E-state index in [1.54, 1.807) is 26.2 Å². The highest BCUT2D eigenvalue weighted by molar-refractivity contribution is 14.1. The third-order valence-corrected chi connectivity index (χ3v) is 4.53. The molecule has 120 valence electrons. The molecule has 3 N–H and O–H groups in total. The molecule has 23 heavy (non-hydrogen) atoms. The van der Waals surface area contributed by atoms with E-state index in [0.717, 1.165) is 30.3 Å². The van der Waals surface area contributed by atoms with Crippen LogP contribution in [0.3, 0.4) is 0 Å². The topological polar surface area (TPSA) is 89.8 Å². The molecular weight excluding hydrogens is 473 g/mol. The van der Waals surface area contributed by atoms with Gasteiger partial charge in [-0.25, -0.2) is 15.0 Å². The fourth-order valence-electron chi connectivity index (χ4n) is 2.47. The second-order valence-corrected chi connectivity index (χ2v) is 7.91. The second-order valence-electron chi connectivity index (χ2n) is 5.93. The molecule has 0 aliphatic heterocycles. The van der Waals surface area contributed by atoms with Gasteiger partial charge in [-0.1, -0.05) is 0 Å². The van der Waals surface area contributed by atoms with Gasteiger partial charge in [-0.2, -0.15) is 0 Å². The minimum Gasteiger partial charge on any atom is -0.389 e. The molecule has 3 aromatic heterocycles. The zero-order valence-electron chi connectivity index (χ0n) is 12.6. The third-order valence-electron chi connectivity index (χ3n) is 3.31. The number of nitrogen functional groups attached to an aromatic ring is 1. The highest BCUT2D eigenvalue weighted by Crippen LogP contribution is 2.33. The van der Waals surface area contributed by atoms with Crippen molar-refractivity contribution >= 4 is 55.4 Å². The molecule has 0 saturated heterocycles. The minimum absolute atomic E-state index is 0.233. The van der Waals surface area contributed by atoms with Gasteiger partial charge >= 0.3 is 0 Å². The van der Waals surface area contributed by atoms with Crippen molar-refractivity contribution in [2.24, 2.45) is 0 Å². The maximum atomic E-state index is 10.2. The van der Waals surface area contributed by atoms with Crippen LogP contribution in [0.1, 0.15) is 13.8 Å². The first-order valence-electron chi connectivity index (χ1n) is 6.90. The highest BCUT2D eigenvalue weighted by atomic mass is 127. The van der Waals surface area contributed by atoms with Gasteiger partial charge in [0.2, 0.25) is 5.95 Å². The first kappa shape index (κ1) is 16.6. The first-order valence-corrected chi connectivity index (χ1v) is 8.77.